The maximum absolute atomic E-state index is 9.80. The molecule has 1 heterocycles. The first-order valence-corrected chi connectivity index (χ1v) is 6.79. The molecule has 0 radical (unpaired) electrons. The van der Waals surface area contributed by atoms with Crippen molar-refractivity contribution in [3.63, 3.8) is 0 Å². The van der Waals surface area contributed by atoms with Gasteiger partial charge in [0.25, 0.3) is 0 Å². The SMILES string of the molecule is CC1CN(C)CCN1CCCCC(C)(O)CN. The largest absolute Gasteiger partial charge is 0.389 e. The molecule has 0 amide bonds. The third-order valence-corrected chi connectivity index (χ3v) is 3.82. The molecule has 2 atom stereocenters. The summed E-state index contributed by atoms with van der Waals surface area (Å²) in [6, 6.07) is 0.656. The summed E-state index contributed by atoms with van der Waals surface area (Å²) in [4.78, 5) is 4.94. The number of likely N-dealkylation sites (N-methyl/N-ethyl adjacent to an activating group) is 1. The lowest BCUT2D eigenvalue weighted by molar-refractivity contribution is 0.0536. The number of aliphatic hydroxyl groups is 1. The number of nitrogens with zero attached hydrogens (tertiary/aromatic N) is 2. The zero-order valence-corrected chi connectivity index (χ0v) is 11.7. The van der Waals surface area contributed by atoms with Crippen LogP contribution in [0.15, 0.2) is 0 Å². The van der Waals surface area contributed by atoms with E-state index in [-0.39, 0.29) is 0 Å². The van der Waals surface area contributed by atoms with E-state index in [1.165, 1.54) is 19.6 Å². The van der Waals surface area contributed by atoms with Crippen LogP contribution in [0, 0.1) is 0 Å². The van der Waals surface area contributed by atoms with Gasteiger partial charge in [0.2, 0.25) is 0 Å². The van der Waals surface area contributed by atoms with Crippen molar-refractivity contribution in [2.75, 3.05) is 39.8 Å². The first-order chi connectivity index (χ1) is 7.94. The monoisotopic (exact) mass is 243 g/mol. The lowest BCUT2D eigenvalue weighted by Crippen LogP contribution is -2.50. The van der Waals surface area contributed by atoms with E-state index in [0.29, 0.717) is 12.6 Å². The molecule has 1 rings (SSSR count). The van der Waals surface area contributed by atoms with Crippen LogP contribution in [0.4, 0.5) is 0 Å². The van der Waals surface area contributed by atoms with E-state index in [2.05, 4.69) is 23.8 Å². The molecule has 0 aromatic rings. The van der Waals surface area contributed by atoms with Gasteiger partial charge in [-0.05, 0) is 46.7 Å². The number of piperazine rings is 1. The van der Waals surface area contributed by atoms with Gasteiger partial charge >= 0.3 is 0 Å². The van der Waals surface area contributed by atoms with Gasteiger partial charge in [0.1, 0.15) is 0 Å². The van der Waals surface area contributed by atoms with Crippen LogP contribution in [-0.2, 0) is 0 Å². The van der Waals surface area contributed by atoms with E-state index in [9.17, 15) is 5.11 Å². The lowest BCUT2D eigenvalue weighted by atomic mass is 9.99. The first-order valence-electron chi connectivity index (χ1n) is 6.79. The molecule has 1 aliphatic heterocycles. The van der Waals surface area contributed by atoms with E-state index in [1.807, 2.05) is 6.92 Å². The third kappa shape index (κ3) is 5.34. The second-order valence-electron chi connectivity index (χ2n) is 5.81. The Morgan fingerprint density at radius 1 is 1.35 bits per heavy atom. The first kappa shape index (κ1) is 14.9. The van der Waals surface area contributed by atoms with Crippen molar-refractivity contribution in [2.24, 2.45) is 5.73 Å². The molecular weight excluding hydrogens is 214 g/mol. The van der Waals surface area contributed by atoms with Crippen LogP contribution in [0.1, 0.15) is 33.1 Å². The van der Waals surface area contributed by atoms with Crippen molar-refractivity contribution in [1.82, 2.24) is 9.80 Å². The Balaban J connectivity index is 2.14. The van der Waals surface area contributed by atoms with Crippen molar-refractivity contribution in [1.29, 1.82) is 0 Å². The Hall–Kier alpha value is -0.160. The van der Waals surface area contributed by atoms with Gasteiger partial charge in [-0.15, -0.1) is 0 Å². The molecule has 1 fully saturated rings. The summed E-state index contributed by atoms with van der Waals surface area (Å²) < 4.78 is 0. The average molecular weight is 243 g/mol. The van der Waals surface area contributed by atoms with Crippen molar-refractivity contribution in [3.05, 3.63) is 0 Å². The zero-order valence-electron chi connectivity index (χ0n) is 11.7. The fraction of sp³-hybridized carbons (Fsp3) is 1.00. The summed E-state index contributed by atoms with van der Waals surface area (Å²) in [6.07, 6.45) is 3.03. The van der Waals surface area contributed by atoms with Crippen LogP contribution < -0.4 is 5.73 Å². The maximum Gasteiger partial charge on any atom is 0.0741 e. The minimum Gasteiger partial charge on any atom is -0.389 e. The molecule has 102 valence electrons. The number of hydrogen-bond acceptors (Lipinski definition) is 4. The van der Waals surface area contributed by atoms with E-state index in [0.717, 1.165) is 25.8 Å². The van der Waals surface area contributed by atoms with Crippen LogP contribution in [0.5, 0.6) is 0 Å². The molecule has 1 aliphatic rings. The molecule has 0 aromatic heterocycles. The second-order valence-corrected chi connectivity index (χ2v) is 5.81. The summed E-state index contributed by atoms with van der Waals surface area (Å²) >= 11 is 0. The Labute approximate surface area is 106 Å². The Morgan fingerprint density at radius 3 is 2.65 bits per heavy atom. The Bertz CT molecular complexity index is 221. The fourth-order valence-corrected chi connectivity index (χ4v) is 2.43. The van der Waals surface area contributed by atoms with Crippen molar-refractivity contribution < 1.29 is 5.11 Å². The molecule has 0 bridgehead atoms. The van der Waals surface area contributed by atoms with E-state index in [1.54, 1.807) is 0 Å². The van der Waals surface area contributed by atoms with Crippen LogP contribution >= 0.6 is 0 Å². The molecule has 0 saturated carbocycles. The van der Waals surface area contributed by atoms with Crippen LogP contribution in [-0.4, -0.2) is 66.3 Å². The maximum atomic E-state index is 9.80. The second kappa shape index (κ2) is 6.69. The molecule has 0 aromatic carbocycles. The van der Waals surface area contributed by atoms with Crippen molar-refractivity contribution in [2.45, 2.75) is 44.8 Å². The fourth-order valence-electron chi connectivity index (χ4n) is 2.43. The predicted molar refractivity (Wildman–Crippen MR) is 72.1 cm³/mol. The molecular formula is C13H29N3O. The molecule has 0 aliphatic carbocycles. The minimum absolute atomic E-state index is 0.359. The standard InChI is InChI=1S/C13H29N3O/c1-12-10-15(3)8-9-16(12)7-5-4-6-13(2,17)11-14/h12,17H,4-11,14H2,1-3H3. The minimum atomic E-state index is -0.673. The van der Waals surface area contributed by atoms with Crippen LogP contribution in [0.2, 0.25) is 0 Å². The van der Waals surface area contributed by atoms with Gasteiger partial charge in [0.05, 0.1) is 5.60 Å². The molecule has 4 heteroatoms. The summed E-state index contributed by atoms with van der Waals surface area (Å²) in [6.45, 7) is 9.14. The quantitative estimate of drug-likeness (QED) is 0.667. The van der Waals surface area contributed by atoms with Crippen LogP contribution in [0.25, 0.3) is 0 Å². The summed E-state index contributed by atoms with van der Waals surface area (Å²) in [5.41, 5.74) is 4.83. The number of hydrogen-bond donors (Lipinski definition) is 2. The third-order valence-electron chi connectivity index (χ3n) is 3.82. The smallest absolute Gasteiger partial charge is 0.0741 e. The highest BCUT2D eigenvalue weighted by molar-refractivity contribution is 4.78. The predicted octanol–water partition coefficient (Wildman–Crippen LogP) is 0.502. The molecule has 3 N–H and O–H groups in total. The number of unbranched alkanes of at least 4 members (excludes halogenated alkanes) is 1. The number of nitrogens with two attached hydrogens (primary N) is 1. The van der Waals surface area contributed by atoms with Gasteiger partial charge in [-0.25, -0.2) is 0 Å². The topological polar surface area (TPSA) is 52.7 Å². The van der Waals surface area contributed by atoms with E-state index >= 15 is 0 Å². The molecule has 17 heavy (non-hydrogen) atoms. The highest BCUT2D eigenvalue weighted by atomic mass is 16.3. The zero-order chi connectivity index (χ0) is 12.9. The Morgan fingerprint density at radius 2 is 2.06 bits per heavy atom. The van der Waals surface area contributed by atoms with Gasteiger partial charge in [-0.1, -0.05) is 0 Å². The summed E-state index contributed by atoms with van der Waals surface area (Å²) in [5.74, 6) is 0. The van der Waals surface area contributed by atoms with Gasteiger partial charge in [-0.3, -0.25) is 4.90 Å². The molecule has 0 spiro atoms. The molecule has 1 saturated heterocycles. The van der Waals surface area contributed by atoms with Crippen molar-refractivity contribution in [3.8, 4) is 0 Å². The van der Waals surface area contributed by atoms with Gasteiger partial charge in [-0.2, -0.15) is 0 Å². The summed E-state index contributed by atoms with van der Waals surface area (Å²) in [5, 5.41) is 9.80. The summed E-state index contributed by atoms with van der Waals surface area (Å²) in [7, 11) is 2.19. The molecule has 4 nitrogen and oxygen atoms in total. The normalized spacial score (nSPS) is 27.0. The Kier molecular flexibility index (Phi) is 5.86. The number of rotatable bonds is 6. The van der Waals surface area contributed by atoms with Gasteiger partial charge in [0, 0.05) is 32.2 Å². The van der Waals surface area contributed by atoms with Gasteiger partial charge in [0.15, 0.2) is 0 Å². The van der Waals surface area contributed by atoms with Gasteiger partial charge < -0.3 is 15.7 Å². The van der Waals surface area contributed by atoms with Crippen molar-refractivity contribution >= 4 is 0 Å². The highest BCUT2D eigenvalue weighted by Gasteiger charge is 2.21. The van der Waals surface area contributed by atoms with Crippen LogP contribution in [0.3, 0.4) is 0 Å². The molecule has 2 unspecified atom stereocenters. The van der Waals surface area contributed by atoms with E-state index in [4.69, 9.17) is 5.73 Å². The lowest BCUT2D eigenvalue weighted by Gasteiger charge is -2.38. The average Bonchev–Trinajstić information content (AvgIpc) is 2.27. The van der Waals surface area contributed by atoms with E-state index < -0.39 is 5.60 Å². The highest BCUT2D eigenvalue weighted by Crippen LogP contribution is 2.14.